The van der Waals surface area contributed by atoms with Gasteiger partial charge >= 0.3 is 0 Å². The second-order valence-electron chi connectivity index (χ2n) is 4.50. The zero-order valence-electron chi connectivity index (χ0n) is 12.1. The predicted molar refractivity (Wildman–Crippen MR) is 106 cm³/mol. The van der Waals surface area contributed by atoms with E-state index in [0.717, 1.165) is 4.47 Å². The van der Waals surface area contributed by atoms with Crippen LogP contribution >= 0.6 is 63.0 Å². The number of hydrogen-bond donors (Lipinski definition) is 2. The Hall–Kier alpha value is -1.05. The van der Waals surface area contributed by atoms with E-state index in [9.17, 15) is 4.79 Å². The summed E-state index contributed by atoms with van der Waals surface area (Å²) >= 11 is 26.5. The van der Waals surface area contributed by atoms with Crippen molar-refractivity contribution in [2.24, 2.45) is 0 Å². The molecule has 0 bridgehead atoms. The van der Waals surface area contributed by atoms with E-state index in [0.29, 0.717) is 15.7 Å². The monoisotopic (exact) mass is 466 g/mol. The van der Waals surface area contributed by atoms with E-state index in [-0.39, 0.29) is 21.4 Å². The van der Waals surface area contributed by atoms with Crippen molar-refractivity contribution < 1.29 is 9.53 Å². The van der Waals surface area contributed by atoms with Crippen LogP contribution in [0.25, 0.3) is 0 Å². The molecule has 9 heteroatoms. The molecule has 126 valence electrons. The van der Waals surface area contributed by atoms with Gasteiger partial charge in [0.05, 0.1) is 28.4 Å². The van der Waals surface area contributed by atoms with Crippen molar-refractivity contribution >= 4 is 79.7 Å². The fourth-order valence-electron chi connectivity index (χ4n) is 1.85. The van der Waals surface area contributed by atoms with Gasteiger partial charge in [-0.3, -0.25) is 10.1 Å². The third-order valence-corrected chi connectivity index (χ3v) is 4.37. The topological polar surface area (TPSA) is 50.4 Å². The summed E-state index contributed by atoms with van der Waals surface area (Å²) in [5.74, 6) is -0.301. The third kappa shape index (κ3) is 4.74. The van der Waals surface area contributed by atoms with Gasteiger partial charge in [-0.25, -0.2) is 0 Å². The molecular formula is C15H10BrCl3N2O2S. The van der Waals surface area contributed by atoms with Crippen molar-refractivity contribution in [3.05, 3.63) is 55.4 Å². The second kappa shape index (κ2) is 8.36. The van der Waals surface area contributed by atoms with Crippen molar-refractivity contribution in [1.82, 2.24) is 5.32 Å². The average molecular weight is 469 g/mol. The van der Waals surface area contributed by atoms with Crippen molar-refractivity contribution in [1.29, 1.82) is 0 Å². The van der Waals surface area contributed by atoms with Gasteiger partial charge in [0, 0.05) is 9.50 Å². The number of benzene rings is 2. The predicted octanol–water partition coefficient (Wildman–Crippen LogP) is 5.54. The molecule has 0 unspecified atom stereocenters. The van der Waals surface area contributed by atoms with Gasteiger partial charge in [-0.2, -0.15) is 0 Å². The lowest BCUT2D eigenvalue weighted by Crippen LogP contribution is -2.34. The van der Waals surface area contributed by atoms with Gasteiger partial charge in [0.15, 0.2) is 5.11 Å². The summed E-state index contributed by atoms with van der Waals surface area (Å²) in [4.78, 5) is 12.4. The largest absolute Gasteiger partial charge is 0.494 e. The van der Waals surface area contributed by atoms with E-state index in [2.05, 4.69) is 26.6 Å². The van der Waals surface area contributed by atoms with Crippen LogP contribution in [0.3, 0.4) is 0 Å². The first-order valence-corrected chi connectivity index (χ1v) is 8.75. The maximum atomic E-state index is 12.4. The molecule has 4 nitrogen and oxygen atoms in total. The lowest BCUT2D eigenvalue weighted by atomic mass is 10.2. The quantitative estimate of drug-likeness (QED) is 0.581. The van der Waals surface area contributed by atoms with Gasteiger partial charge in [-0.15, -0.1) is 0 Å². The number of halogens is 4. The number of nitrogens with one attached hydrogen (secondary N) is 2. The molecular weight excluding hydrogens is 459 g/mol. The minimum Gasteiger partial charge on any atom is -0.494 e. The fraction of sp³-hybridized carbons (Fsp3) is 0.0667. The minimum atomic E-state index is -0.512. The molecule has 0 spiro atoms. The van der Waals surface area contributed by atoms with Crippen molar-refractivity contribution in [2.45, 2.75) is 0 Å². The summed E-state index contributed by atoms with van der Waals surface area (Å²) in [6.07, 6.45) is 0. The fourth-order valence-corrected chi connectivity index (χ4v) is 3.35. The molecule has 0 saturated heterocycles. The lowest BCUT2D eigenvalue weighted by Gasteiger charge is -2.13. The van der Waals surface area contributed by atoms with Crippen LogP contribution in [0, 0.1) is 0 Å². The number of carbonyl (C=O) groups excluding carboxylic acids is 1. The number of methoxy groups -OCH3 is 1. The Morgan fingerprint density at radius 2 is 1.88 bits per heavy atom. The van der Waals surface area contributed by atoms with E-state index in [1.54, 1.807) is 18.2 Å². The Bertz CT molecular complexity index is 818. The number of amides is 1. The standard InChI is InChI=1S/C15H10BrCl3N2O2S/c1-23-13-9(5-8(17)6-11(13)19)14(22)21-15(24)20-12-3-2-7(16)4-10(12)18/h2-6H,1H3,(H2,20,21,22,24). The summed E-state index contributed by atoms with van der Waals surface area (Å²) in [6.45, 7) is 0. The van der Waals surface area contributed by atoms with Crippen molar-refractivity contribution in [3.63, 3.8) is 0 Å². The maximum absolute atomic E-state index is 12.4. The van der Waals surface area contributed by atoms with Gasteiger partial charge in [0.2, 0.25) is 0 Å². The molecule has 2 rings (SSSR count). The summed E-state index contributed by atoms with van der Waals surface area (Å²) in [5.41, 5.74) is 0.724. The molecule has 0 saturated carbocycles. The number of ether oxygens (including phenoxy) is 1. The average Bonchev–Trinajstić information content (AvgIpc) is 2.49. The SMILES string of the molecule is COc1c(Cl)cc(Cl)cc1C(=O)NC(=S)Nc1ccc(Br)cc1Cl. The van der Waals surface area contributed by atoms with Gasteiger partial charge in [0.25, 0.3) is 5.91 Å². The van der Waals surface area contributed by atoms with E-state index in [1.807, 2.05) is 0 Å². The number of anilines is 1. The summed E-state index contributed by atoms with van der Waals surface area (Å²) < 4.78 is 5.97. The van der Waals surface area contributed by atoms with Crippen LogP contribution in [0.2, 0.25) is 15.1 Å². The number of thiocarbonyl (C=S) groups is 1. The molecule has 24 heavy (non-hydrogen) atoms. The highest BCUT2D eigenvalue weighted by molar-refractivity contribution is 9.10. The van der Waals surface area contributed by atoms with Crippen molar-refractivity contribution in [3.8, 4) is 5.75 Å². The van der Waals surface area contributed by atoms with Crippen LogP contribution in [0.15, 0.2) is 34.8 Å². The van der Waals surface area contributed by atoms with E-state index in [1.165, 1.54) is 19.2 Å². The van der Waals surface area contributed by atoms with Crippen LogP contribution in [0.1, 0.15) is 10.4 Å². The summed E-state index contributed by atoms with van der Waals surface area (Å²) in [5, 5.41) is 6.43. The Labute approximate surface area is 167 Å². The smallest absolute Gasteiger partial charge is 0.261 e. The first-order valence-electron chi connectivity index (χ1n) is 6.42. The van der Waals surface area contributed by atoms with Gasteiger partial charge in [0.1, 0.15) is 5.75 Å². The Morgan fingerprint density at radius 3 is 2.50 bits per heavy atom. The highest BCUT2D eigenvalue weighted by Gasteiger charge is 2.18. The molecule has 2 N–H and O–H groups in total. The second-order valence-corrected chi connectivity index (χ2v) is 7.08. The van der Waals surface area contributed by atoms with E-state index in [4.69, 9.17) is 51.8 Å². The third-order valence-electron chi connectivity index (χ3n) is 2.86. The minimum absolute atomic E-state index is 0.0716. The molecule has 0 fully saturated rings. The Morgan fingerprint density at radius 1 is 1.17 bits per heavy atom. The molecule has 0 aliphatic heterocycles. The normalized spacial score (nSPS) is 10.2. The molecule has 2 aromatic rings. The molecule has 0 aliphatic rings. The first-order chi connectivity index (χ1) is 11.3. The van der Waals surface area contributed by atoms with Crippen molar-refractivity contribution in [2.75, 3.05) is 12.4 Å². The van der Waals surface area contributed by atoms with E-state index < -0.39 is 5.91 Å². The summed E-state index contributed by atoms with van der Waals surface area (Å²) in [6, 6.07) is 8.14. The zero-order valence-corrected chi connectivity index (χ0v) is 16.8. The number of rotatable bonds is 3. The molecule has 0 atom stereocenters. The van der Waals surface area contributed by atoms with Gasteiger partial charge in [-0.05, 0) is 42.5 Å². The van der Waals surface area contributed by atoms with E-state index >= 15 is 0 Å². The number of carbonyl (C=O) groups is 1. The molecule has 0 aromatic heterocycles. The zero-order chi connectivity index (χ0) is 17.9. The highest BCUT2D eigenvalue weighted by atomic mass is 79.9. The van der Waals surface area contributed by atoms with Gasteiger partial charge < -0.3 is 10.1 Å². The van der Waals surface area contributed by atoms with Crippen LogP contribution in [0.4, 0.5) is 5.69 Å². The van der Waals surface area contributed by atoms with Gasteiger partial charge in [-0.1, -0.05) is 50.7 Å². The molecule has 1 amide bonds. The molecule has 0 aliphatic carbocycles. The first kappa shape index (κ1) is 19.3. The Kier molecular flexibility index (Phi) is 6.71. The Balaban J connectivity index is 2.16. The molecule has 0 radical (unpaired) electrons. The van der Waals surface area contributed by atoms with Crippen LogP contribution < -0.4 is 15.4 Å². The van der Waals surface area contributed by atoms with Crippen LogP contribution in [0.5, 0.6) is 5.75 Å². The highest BCUT2D eigenvalue weighted by Crippen LogP contribution is 2.32. The molecule has 2 aromatic carbocycles. The molecule has 0 heterocycles. The number of hydrogen-bond acceptors (Lipinski definition) is 3. The van der Waals surface area contributed by atoms with Crippen LogP contribution in [-0.4, -0.2) is 18.1 Å². The van der Waals surface area contributed by atoms with Crippen LogP contribution in [-0.2, 0) is 0 Å². The lowest BCUT2D eigenvalue weighted by molar-refractivity contribution is 0.0975. The summed E-state index contributed by atoms with van der Waals surface area (Å²) in [7, 11) is 1.41. The maximum Gasteiger partial charge on any atom is 0.261 e.